The van der Waals surface area contributed by atoms with Crippen LogP contribution in [0.4, 0.5) is 0 Å². The van der Waals surface area contributed by atoms with Gasteiger partial charge in [0.2, 0.25) is 12.7 Å². The van der Waals surface area contributed by atoms with Crippen LogP contribution in [0, 0.1) is 0 Å². The monoisotopic (exact) mass is 400 g/mol. The molecule has 2 heterocycles. The predicted molar refractivity (Wildman–Crippen MR) is 105 cm³/mol. The molecule has 0 spiro atoms. The maximum Gasteiger partial charge on any atom is 0.255 e. The van der Waals surface area contributed by atoms with Crippen molar-refractivity contribution < 1.29 is 23.8 Å². The van der Waals surface area contributed by atoms with E-state index in [-0.39, 0.29) is 18.6 Å². The van der Waals surface area contributed by atoms with Crippen LogP contribution in [0.5, 0.6) is 17.2 Å². The number of thioether (sulfide) groups is 1. The lowest BCUT2D eigenvalue weighted by molar-refractivity contribution is -0.124. The fraction of sp³-hybridized carbons (Fsp3) is 0.300. The van der Waals surface area contributed by atoms with E-state index in [1.165, 1.54) is 0 Å². The molecule has 1 unspecified atom stereocenters. The Balaban J connectivity index is 1.27. The molecule has 2 aliphatic heterocycles. The van der Waals surface area contributed by atoms with Gasteiger partial charge in [-0.25, -0.2) is 0 Å². The summed E-state index contributed by atoms with van der Waals surface area (Å²) in [5.74, 6) is 2.82. The van der Waals surface area contributed by atoms with E-state index in [1.807, 2.05) is 18.2 Å². The summed E-state index contributed by atoms with van der Waals surface area (Å²) in [6.07, 6.45) is 0. The third-order valence-corrected chi connectivity index (χ3v) is 5.49. The van der Waals surface area contributed by atoms with Crippen molar-refractivity contribution in [2.24, 2.45) is 0 Å². The molecule has 0 aliphatic carbocycles. The van der Waals surface area contributed by atoms with E-state index in [9.17, 15) is 9.59 Å². The van der Waals surface area contributed by atoms with Gasteiger partial charge < -0.3 is 24.4 Å². The van der Waals surface area contributed by atoms with E-state index in [4.69, 9.17) is 14.2 Å². The Hall–Kier alpha value is -2.87. The molecule has 1 N–H and O–H groups in total. The maximum absolute atomic E-state index is 12.7. The highest BCUT2D eigenvalue weighted by Crippen LogP contribution is 2.35. The number of carbonyl (C=O) groups is 2. The van der Waals surface area contributed by atoms with E-state index in [2.05, 4.69) is 5.32 Å². The van der Waals surface area contributed by atoms with Crippen LogP contribution in [0.2, 0.25) is 0 Å². The van der Waals surface area contributed by atoms with Crippen molar-refractivity contribution in [1.82, 2.24) is 10.2 Å². The van der Waals surface area contributed by atoms with E-state index in [0.717, 1.165) is 0 Å². The summed E-state index contributed by atoms with van der Waals surface area (Å²) in [6.45, 7) is 0.881. The Morgan fingerprint density at radius 3 is 2.82 bits per heavy atom. The Kier molecular flexibility index (Phi) is 5.57. The van der Waals surface area contributed by atoms with Crippen molar-refractivity contribution in [3.63, 3.8) is 0 Å². The fourth-order valence-electron chi connectivity index (χ4n) is 3.03. The van der Waals surface area contributed by atoms with Gasteiger partial charge in [-0.15, -0.1) is 11.8 Å². The van der Waals surface area contributed by atoms with Crippen molar-refractivity contribution in [2.75, 3.05) is 31.6 Å². The highest BCUT2D eigenvalue weighted by molar-refractivity contribution is 7.99. The summed E-state index contributed by atoms with van der Waals surface area (Å²) in [5, 5.41) is 2.86. The van der Waals surface area contributed by atoms with Gasteiger partial charge in [-0.2, -0.15) is 0 Å². The Labute approximate surface area is 166 Å². The van der Waals surface area contributed by atoms with Gasteiger partial charge in [-0.05, 0) is 24.3 Å². The molecule has 1 atom stereocenters. The number of hydrogen-bond donors (Lipinski definition) is 1. The molecular weight excluding hydrogens is 380 g/mol. The molecule has 8 heteroatoms. The standard InChI is InChI=1S/C20H20N2O5S/c23-19(16-11-28-12-22(16)20(24)14-4-2-1-3-5-14)21-8-9-25-15-6-7-17-18(10-15)27-13-26-17/h1-7,10,16H,8-9,11-13H2,(H,21,23). The van der Waals surface area contributed by atoms with Crippen molar-refractivity contribution in [1.29, 1.82) is 0 Å². The second-order valence-corrected chi connectivity index (χ2v) is 7.31. The number of nitrogens with zero attached hydrogens (tertiary/aromatic N) is 1. The first-order chi connectivity index (χ1) is 13.7. The lowest BCUT2D eigenvalue weighted by atomic mass is 10.1. The zero-order valence-electron chi connectivity index (χ0n) is 15.1. The van der Waals surface area contributed by atoms with Gasteiger partial charge >= 0.3 is 0 Å². The summed E-state index contributed by atoms with van der Waals surface area (Å²) in [4.78, 5) is 26.8. The summed E-state index contributed by atoms with van der Waals surface area (Å²) in [6, 6.07) is 13.9. The first-order valence-corrected chi connectivity index (χ1v) is 10.1. The van der Waals surface area contributed by atoms with Crippen LogP contribution in [0.15, 0.2) is 48.5 Å². The number of carbonyl (C=O) groups excluding carboxylic acids is 2. The normalized spacial score (nSPS) is 17.4. The molecule has 2 aromatic rings. The van der Waals surface area contributed by atoms with Gasteiger partial charge in [0, 0.05) is 17.4 Å². The second kappa shape index (κ2) is 8.43. The first-order valence-electron chi connectivity index (χ1n) is 8.96. The van der Waals surface area contributed by atoms with Crippen LogP contribution < -0.4 is 19.5 Å². The molecule has 0 aromatic heterocycles. The van der Waals surface area contributed by atoms with E-state index < -0.39 is 6.04 Å². The highest BCUT2D eigenvalue weighted by atomic mass is 32.2. The minimum Gasteiger partial charge on any atom is -0.492 e. The molecule has 146 valence electrons. The van der Waals surface area contributed by atoms with Crippen LogP contribution in [0.1, 0.15) is 10.4 Å². The molecular formula is C20H20N2O5S. The van der Waals surface area contributed by atoms with Gasteiger partial charge in [0.15, 0.2) is 11.5 Å². The topological polar surface area (TPSA) is 77.1 Å². The quantitative estimate of drug-likeness (QED) is 0.749. The summed E-state index contributed by atoms with van der Waals surface area (Å²) in [5.41, 5.74) is 0.592. The smallest absolute Gasteiger partial charge is 0.255 e. The highest BCUT2D eigenvalue weighted by Gasteiger charge is 2.34. The van der Waals surface area contributed by atoms with Crippen LogP contribution in [0.3, 0.4) is 0 Å². The zero-order chi connectivity index (χ0) is 19.3. The molecule has 7 nitrogen and oxygen atoms in total. The third kappa shape index (κ3) is 4.01. The summed E-state index contributed by atoms with van der Waals surface area (Å²) >= 11 is 1.58. The van der Waals surface area contributed by atoms with E-state index in [1.54, 1.807) is 47.0 Å². The molecule has 4 rings (SSSR count). The fourth-order valence-corrected chi connectivity index (χ4v) is 4.19. The van der Waals surface area contributed by atoms with Crippen LogP contribution in [0.25, 0.3) is 0 Å². The van der Waals surface area contributed by atoms with Crippen molar-refractivity contribution in [3.8, 4) is 17.2 Å². The SMILES string of the molecule is O=C(NCCOc1ccc2c(c1)OCO2)C1CSCN1C(=O)c1ccccc1. The minimum absolute atomic E-state index is 0.123. The zero-order valence-corrected chi connectivity index (χ0v) is 15.9. The molecule has 0 radical (unpaired) electrons. The van der Waals surface area contributed by atoms with Crippen LogP contribution >= 0.6 is 11.8 Å². The van der Waals surface area contributed by atoms with Crippen molar-refractivity contribution in [2.45, 2.75) is 6.04 Å². The van der Waals surface area contributed by atoms with E-state index >= 15 is 0 Å². The number of benzene rings is 2. The molecule has 1 fully saturated rings. The van der Waals surface area contributed by atoms with Gasteiger partial charge in [0.05, 0.1) is 12.4 Å². The first kappa shape index (κ1) is 18.5. The number of hydrogen-bond acceptors (Lipinski definition) is 6. The Morgan fingerprint density at radius 2 is 1.96 bits per heavy atom. The molecule has 0 saturated carbocycles. The van der Waals surface area contributed by atoms with Gasteiger partial charge in [0.1, 0.15) is 18.4 Å². The average Bonchev–Trinajstić information content (AvgIpc) is 3.40. The molecule has 2 amide bonds. The van der Waals surface area contributed by atoms with Crippen LogP contribution in [-0.2, 0) is 4.79 Å². The van der Waals surface area contributed by atoms with E-state index in [0.29, 0.717) is 47.6 Å². The second-order valence-electron chi connectivity index (χ2n) is 6.31. The van der Waals surface area contributed by atoms with Gasteiger partial charge in [-0.3, -0.25) is 9.59 Å². The predicted octanol–water partition coefficient (Wildman–Crippen LogP) is 2.13. The average molecular weight is 400 g/mol. The van der Waals surface area contributed by atoms with Crippen molar-refractivity contribution >= 4 is 23.6 Å². The molecule has 0 bridgehead atoms. The number of fused-ring (bicyclic) bond motifs is 1. The number of rotatable bonds is 6. The lowest BCUT2D eigenvalue weighted by Crippen LogP contribution is -2.48. The van der Waals surface area contributed by atoms with Gasteiger partial charge in [-0.1, -0.05) is 18.2 Å². The number of nitrogens with one attached hydrogen (secondary N) is 1. The number of ether oxygens (including phenoxy) is 3. The largest absolute Gasteiger partial charge is 0.492 e. The summed E-state index contributed by atoms with van der Waals surface area (Å²) < 4.78 is 16.2. The molecule has 2 aromatic carbocycles. The van der Waals surface area contributed by atoms with Crippen LogP contribution in [-0.4, -0.2) is 54.3 Å². The molecule has 28 heavy (non-hydrogen) atoms. The van der Waals surface area contributed by atoms with Gasteiger partial charge in [0.25, 0.3) is 5.91 Å². The molecule has 1 saturated heterocycles. The summed E-state index contributed by atoms with van der Waals surface area (Å²) in [7, 11) is 0. The minimum atomic E-state index is -0.469. The number of amides is 2. The maximum atomic E-state index is 12.7. The molecule has 2 aliphatic rings. The Bertz CT molecular complexity index is 861. The lowest BCUT2D eigenvalue weighted by Gasteiger charge is -2.23. The third-order valence-electron chi connectivity index (χ3n) is 4.48. The van der Waals surface area contributed by atoms with Crippen molar-refractivity contribution in [3.05, 3.63) is 54.1 Å². The Morgan fingerprint density at radius 1 is 1.14 bits per heavy atom.